The third-order valence-electron chi connectivity index (χ3n) is 10.3. The van der Waals surface area contributed by atoms with Gasteiger partial charge in [0.2, 0.25) is 0 Å². The van der Waals surface area contributed by atoms with Crippen LogP contribution in [-0.2, 0) is 23.8 Å². The Kier molecular flexibility index (Phi) is 46.5. The van der Waals surface area contributed by atoms with Crippen molar-refractivity contribution in [2.24, 2.45) is 0 Å². The molecular weight excluding hydrogens is 717 g/mol. The number of hydrogen-bond donors (Lipinski definition) is 0. The number of carbonyl (C=O) groups is 2. The highest BCUT2D eigenvalue weighted by atomic mass is 16.6. The molecule has 0 saturated carbocycles. The Bertz CT molecular complexity index is 1050. The highest BCUT2D eigenvalue weighted by molar-refractivity contribution is 5.71. The lowest BCUT2D eigenvalue weighted by Crippen LogP contribution is -2.30. The zero-order chi connectivity index (χ0) is 42.1. The van der Waals surface area contributed by atoms with E-state index in [9.17, 15) is 9.59 Å². The van der Waals surface area contributed by atoms with Gasteiger partial charge in [-0.2, -0.15) is 0 Å². The molecule has 0 aromatic rings. The van der Waals surface area contributed by atoms with E-state index >= 15 is 0 Å². The van der Waals surface area contributed by atoms with Crippen molar-refractivity contribution in [1.29, 1.82) is 0 Å². The van der Waals surface area contributed by atoms with Gasteiger partial charge in [0.1, 0.15) is 6.61 Å². The average Bonchev–Trinajstić information content (AvgIpc) is 3.22. The summed E-state index contributed by atoms with van der Waals surface area (Å²) in [4.78, 5) is 25.1. The predicted octanol–water partition coefficient (Wildman–Crippen LogP) is 16.3. The van der Waals surface area contributed by atoms with Gasteiger partial charge in [-0.15, -0.1) is 0 Å². The van der Waals surface area contributed by atoms with Crippen LogP contribution in [0.4, 0.5) is 0 Å². The maximum atomic E-state index is 12.6. The van der Waals surface area contributed by atoms with Crippen molar-refractivity contribution in [1.82, 2.24) is 0 Å². The van der Waals surface area contributed by atoms with Crippen LogP contribution in [0.1, 0.15) is 226 Å². The van der Waals surface area contributed by atoms with E-state index in [-0.39, 0.29) is 31.6 Å². The standard InChI is InChI=1S/C53H92O5/c1-4-7-10-13-16-18-20-22-24-25-26-27-28-30-32-34-36-39-42-45-48-56-49-51(58-53(55)47-44-41-37-15-12-9-6-3)50-57-52(54)46-43-40-38-35-33-31-29-23-21-19-17-14-11-8-5-2/h8,11,17,19,22-24,29,33,35,40,43,51H,4-7,9-10,12-16,18,20-21,25-28,30-32,34,36-39,41-42,44-50H2,1-3H3/b11-8-,19-17-,24-22-,29-23-,35-33-,43-40-. The molecule has 0 bridgehead atoms. The molecule has 0 saturated heterocycles. The van der Waals surface area contributed by atoms with E-state index in [1.807, 2.05) is 12.2 Å². The molecule has 0 aliphatic carbocycles. The Labute approximate surface area is 359 Å². The van der Waals surface area contributed by atoms with E-state index < -0.39 is 6.10 Å². The first-order chi connectivity index (χ1) is 28.6. The second-order valence-corrected chi connectivity index (χ2v) is 16.0. The number of rotatable bonds is 44. The minimum Gasteiger partial charge on any atom is -0.461 e. The van der Waals surface area contributed by atoms with Crippen molar-refractivity contribution < 1.29 is 23.8 Å². The summed E-state index contributed by atoms with van der Waals surface area (Å²) >= 11 is 0. The molecule has 0 N–H and O–H groups in total. The lowest BCUT2D eigenvalue weighted by atomic mass is 10.1. The zero-order valence-electron chi connectivity index (χ0n) is 38.3. The summed E-state index contributed by atoms with van der Waals surface area (Å²) in [5, 5.41) is 0. The Morgan fingerprint density at radius 2 is 0.828 bits per heavy atom. The summed E-state index contributed by atoms with van der Waals surface area (Å²) in [5.74, 6) is -0.549. The van der Waals surface area contributed by atoms with Gasteiger partial charge in [0, 0.05) is 13.0 Å². The molecule has 0 aliphatic rings. The van der Waals surface area contributed by atoms with Crippen LogP contribution in [0.25, 0.3) is 0 Å². The minimum atomic E-state index is -0.574. The van der Waals surface area contributed by atoms with Crippen LogP contribution in [0.15, 0.2) is 72.9 Å². The lowest BCUT2D eigenvalue weighted by molar-refractivity contribution is -0.162. The molecule has 1 unspecified atom stereocenters. The summed E-state index contributed by atoms with van der Waals surface area (Å²) in [6.07, 6.45) is 62.4. The fourth-order valence-electron chi connectivity index (χ4n) is 6.64. The van der Waals surface area contributed by atoms with Crippen molar-refractivity contribution >= 4 is 11.9 Å². The van der Waals surface area contributed by atoms with E-state index in [1.165, 1.54) is 128 Å². The first kappa shape index (κ1) is 55.3. The maximum absolute atomic E-state index is 12.6. The number of allylic oxidation sites excluding steroid dienone is 11. The minimum absolute atomic E-state index is 0.0300. The Balaban J connectivity index is 4.20. The lowest BCUT2D eigenvalue weighted by Gasteiger charge is -2.18. The van der Waals surface area contributed by atoms with Gasteiger partial charge < -0.3 is 14.2 Å². The normalized spacial score (nSPS) is 12.8. The fourth-order valence-corrected chi connectivity index (χ4v) is 6.64. The molecule has 0 fully saturated rings. The summed E-state index contributed by atoms with van der Waals surface area (Å²) in [6.45, 7) is 7.57. The van der Waals surface area contributed by atoms with Gasteiger partial charge in [-0.05, 0) is 70.6 Å². The molecule has 0 amide bonds. The third kappa shape index (κ3) is 46.0. The molecule has 0 heterocycles. The quantitative estimate of drug-likeness (QED) is 0.0348. The number of esters is 2. The van der Waals surface area contributed by atoms with Gasteiger partial charge >= 0.3 is 11.9 Å². The fraction of sp³-hybridized carbons (Fsp3) is 0.736. The third-order valence-corrected chi connectivity index (χ3v) is 10.3. The topological polar surface area (TPSA) is 61.8 Å². The van der Waals surface area contributed by atoms with Crippen molar-refractivity contribution in [3.8, 4) is 0 Å². The van der Waals surface area contributed by atoms with Gasteiger partial charge in [0.05, 0.1) is 13.0 Å². The molecule has 0 spiro atoms. The summed E-state index contributed by atoms with van der Waals surface area (Å²) in [7, 11) is 0. The number of carbonyl (C=O) groups excluding carboxylic acids is 2. The monoisotopic (exact) mass is 809 g/mol. The molecule has 334 valence electrons. The highest BCUT2D eigenvalue weighted by Crippen LogP contribution is 2.14. The van der Waals surface area contributed by atoms with Gasteiger partial charge in [-0.25, -0.2) is 0 Å². The summed E-state index contributed by atoms with van der Waals surface area (Å²) in [5.41, 5.74) is 0. The SMILES string of the molecule is CC/C=C\C/C=C\C/C=C\C/C=C\C/C=C\CC(=O)OCC(COCCCCCCCCCCCC/C=C\CCCCCCCC)OC(=O)CCCCCCCCC. The molecule has 0 aliphatic heterocycles. The second kappa shape index (κ2) is 48.7. The highest BCUT2D eigenvalue weighted by Gasteiger charge is 2.17. The zero-order valence-corrected chi connectivity index (χ0v) is 38.3. The first-order valence-electron chi connectivity index (χ1n) is 24.5. The Morgan fingerprint density at radius 3 is 1.31 bits per heavy atom. The van der Waals surface area contributed by atoms with Crippen molar-refractivity contribution in [2.75, 3.05) is 19.8 Å². The van der Waals surface area contributed by atoms with E-state index in [1.54, 1.807) is 0 Å². The molecule has 5 heteroatoms. The summed E-state index contributed by atoms with van der Waals surface area (Å²) < 4.78 is 17.2. The molecule has 5 nitrogen and oxygen atoms in total. The molecule has 0 aromatic carbocycles. The summed E-state index contributed by atoms with van der Waals surface area (Å²) in [6, 6.07) is 0. The molecule has 1 atom stereocenters. The van der Waals surface area contributed by atoms with Crippen molar-refractivity contribution in [3.63, 3.8) is 0 Å². The van der Waals surface area contributed by atoms with Gasteiger partial charge in [0.25, 0.3) is 0 Å². The maximum Gasteiger partial charge on any atom is 0.309 e. The van der Waals surface area contributed by atoms with Crippen LogP contribution in [0, 0.1) is 0 Å². The van der Waals surface area contributed by atoms with Gasteiger partial charge in [0.15, 0.2) is 6.10 Å². The van der Waals surface area contributed by atoms with Crippen LogP contribution in [0.5, 0.6) is 0 Å². The largest absolute Gasteiger partial charge is 0.461 e. The molecule has 0 radical (unpaired) electrons. The number of hydrogen-bond acceptors (Lipinski definition) is 5. The van der Waals surface area contributed by atoms with Crippen LogP contribution < -0.4 is 0 Å². The predicted molar refractivity (Wildman–Crippen MR) is 251 cm³/mol. The van der Waals surface area contributed by atoms with Crippen molar-refractivity contribution in [2.45, 2.75) is 232 Å². The van der Waals surface area contributed by atoms with Gasteiger partial charge in [-0.3, -0.25) is 9.59 Å². The Morgan fingerprint density at radius 1 is 0.414 bits per heavy atom. The van der Waals surface area contributed by atoms with Crippen molar-refractivity contribution in [3.05, 3.63) is 72.9 Å². The van der Waals surface area contributed by atoms with Crippen LogP contribution >= 0.6 is 0 Å². The van der Waals surface area contributed by atoms with E-state index in [4.69, 9.17) is 14.2 Å². The Hall–Kier alpha value is -2.66. The van der Waals surface area contributed by atoms with E-state index in [0.717, 1.165) is 64.2 Å². The molecule has 0 aromatic heterocycles. The van der Waals surface area contributed by atoms with Gasteiger partial charge in [-0.1, -0.05) is 216 Å². The second-order valence-electron chi connectivity index (χ2n) is 16.0. The van der Waals surface area contributed by atoms with Crippen LogP contribution in [0.2, 0.25) is 0 Å². The number of unbranched alkanes of at least 4 members (excludes halogenated alkanes) is 22. The molecule has 58 heavy (non-hydrogen) atoms. The smallest absolute Gasteiger partial charge is 0.309 e. The molecule has 0 rings (SSSR count). The van der Waals surface area contributed by atoms with Crippen LogP contribution in [0.3, 0.4) is 0 Å². The number of ether oxygens (including phenoxy) is 3. The van der Waals surface area contributed by atoms with Crippen LogP contribution in [-0.4, -0.2) is 37.9 Å². The van der Waals surface area contributed by atoms with E-state index in [2.05, 4.69) is 81.5 Å². The first-order valence-corrected chi connectivity index (χ1v) is 24.5. The van der Waals surface area contributed by atoms with E-state index in [0.29, 0.717) is 13.0 Å². The average molecular weight is 809 g/mol. The molecular formula is C53H92O5.